The number of pyridine rings is 1. The van der Waals surface area contributed by atoms with Crippen LogP contribution in [-0.2, 0) is 4.79 Å². The Morgan fingerprint density at radius 3 is 2.67 bits per heavy atom. The number of carbonyl (C=O) groups excluding carboxylic acids is 1. The largest absolute Gasteiger partial charge is 0.481 e. The maximum Gasteiger partial charge on any atom is 0.319 e. The molecule has 6 heteroatoms. The smallest absolute Gasteiger partial charge is 0.319 e. The summed E-state index contributed by atoms with van der Waals surface area (Å²) in [5, 5.41) is 14.3. The van der Waals surface area contributed by atoms with E-state index < -0.39 is 5.97 Å². The van der Waals surface area contributed by atoms with Crippen LogP contribution in [0, 0.1) is 18.8 Å². The SMILES string of the molecule is Cc1ncccc1NC(=O)NC[C@H](CC(=O)O)CC(C)C. The van der Waals surface area contributed by atoms with Gasteiger partial charge in [0.05, 0.1) is 11.4 Å². The first-order chi connectivity index (χ1) is 9.88. The molecule has 0 aliphatic carbocycles. The van der Waals surface area contributed by atoms with E-state index in [1.54, 1.807) is 18.3 Å². The van der Waals surface area contributed by atoms with Crippen LogP contribution in [-0.4, -0.2) is 28.6 Å². The Bertz CT molecular complexity index is 489. The second kappa shape index (κ2) is 8.24. The van der Waals surface area contributed by atoms with Crippen molar-refractivity contribution >= 4 is 17.7 Å². The van der Waals surface area contributed by atoms with E-state index in [9.17, 15) is 9.59 Å². The molecule has 1 aromatic rings. The molecule has 6 nitrogen and oxygen atoms in total. The molecule has 1 rings (SSSR count). The summed E-state index contributed by atoms with van der Waals surface area (Å²) in [6.07, 6.45) is 2.48. The third kappa shape index (κ3) is 6.74. The number of nitrogens with zero attached hydrogens (tertiary/aromatic N) is 1. The highest BCUT2D eigenvalue weighted by Crippen LogP contribution is 2.15. The van der Waals surface area contributed by atoms with E-state index in [-0.39, 0.29) is 18.4 Å². The zero-order chi connectivity index (χ0) is 15.8. The van der Waals surface area contributed by atoms with Gasteiger partial charge in [0.1, 0.15) is 0 Å². The number of carbonyl (C=O) groups is 2. The lowest BCUT2D eigenvalue weighted by atomic mass is 9.94. The van der Waals surface area contributed by atoms with Crippen LogP contribution in [0.25, 0.3) is 0 Å². The van der Waals surface area contributed by atoms with E-state index in [2.05, 4.69) is 15.6 Å². The lowest BCUT2D eigenvalue weighted by Gasteiger charge is -2.18. The molecule has 21 heavy (non-hydrogen) atoms. The van der Waals surface area contributed by atoms with Crippen LogP contribution in [0.1, 0.15) is 32.4 Å². The zero-order valence-corrected chi connectivity index (χ0v) is 12.7. The molecule has 3 N–H and O–H groups in total. The Morgan fingerprint density at radius 2 is 2.10 bits per heavy atom. The summed E-state index contributed by atoms with van der Waals surface area (Å²) in [5.74, 6) is -0.519. The topological polar surface area (TPSA) is 91.3 Å². The summed E-state index contributed by atoms with van der Waals surface area (Å²) in [7, 11) is 0. The third-order valence-corrected chi connectivity index (χ3v) is 3.07. The molecule has 116 valence electrons. The molecule has 0 saturated heterocycles. The number of aryl methyl sites for hydroxylation is 1. The number of aliphatic carboxylic acids is 1. The molecule has 1 heterocycles. The fourth-order valence-electron chi connectivity index (χ4n) is 2.17. The van der Waals surface area contributed by atoms with Gasteiger partial charge in [-0.25, -0.2) is 4.79 Å². The number of carboxylic acids is 1. The average Bonchev–Trinajstić information content (AvgIpc) is 2.37. The molecule has 0 spiro atoms. The minimum atomic E-state index is -0.842. The van der Waals surface area contributed by atoms with Crippen LogP contribution < -0.4 is 10.6 Å². The summed E-state index contributed by atoms with van der Waals surface area (Å²) in [6, 6.07) is 3.17. The lowest BCUT2D eigenvalue weighted by molar-refractivity contribution is -0.138. The minimum Gasteiger partial charge on any atom is -0.481 e. The van der Waals surface area contributed by atoms with E-state index >= 15 is 0 Å². The van der Waals surface area contributed by atoms with Gasteiger partial charge >= 0.3 is 12.0 Å². The average molecular weight is 293 g/mol. The molecule has 0 aliphatic heterocycles. The van der Waals surface area contributed by atoms with Crippen molar-refractivity contribution in [2.24, 2.45) is 11.8 Å². The molecule has 0 fully saturated rings. The Hall–Kier alpha value is -2.11. The fourth-order valence-corrected chi connectivity index (χ4v) is 2.17. The van der Waals surface area contributed by atoms with Crippen LogP contribution in [0.5, 0.6) is 0 Å². The van der Waals surface area contributed by atoms with Crippen LogP contribution in [0.4, 0.5) is 10.5 Å². The van der Waals surface area contributed by atoms with Gasteiger partial charge in [-0.2, -0.15) is 0 Å². The van der Waals surface area contributed by atoms with Crippen molar-refractivity contribution in [1.82, 2.24) is 10.3 Å². The first-order valence-electron chi connectivity index (χ1n) is 7.06. The van der Waals surface area contributed by atoms with Crippen molar-refractivity contribution < 1.29 is 14.7 Å². The Kier molecular flexibility index (Phi) is 6.65. The van der Waals surface area contributed by atoms with Crippen molar-refractivity contribution in [2.45, 2.75) is 33.6 Å². The monoisotopic (exact) mass is 293 g/mol. The molecule has 0 bridgehead atoms. The molecule has 0 aliphatic rings. The summed E-state index contributed by atoms with van der Waals surface area (Å²) in [4.78, 5) is 26.8. The van der Waals surface area contributed by atoms with Crippen molar-refractivity contribution in [3.8, 4) is 0 Å². The standard InChI is InChI=1S/C15H23N3O3/c1-10(2)7-12(8-14(19)20)9-17-15(21)18-13-5-4-6-16-11(13)3/h4-6,10,12H,7-9H2,1-3H3,(H,19,20)(H2,17,18,21)/t12-/m0/s1. The maximum absolute atomic E-state index is 11.8. The van der Waals surface area contributed by atoms with E-state index in [0.717, 1.165) is 12.1 Å². The molecule has 0 unspecified atom stereocenters. The summed E-state index contributed by atoms with van der Waals surface area (Å²) in [6.45, 7) is 6.22. The first-order valence-corrected chi connectivity index (χ1v) is 7.06. The van der Waals surface area contributed by atoms with Gasteiger partial charge in [0, 0.05) is 19.2 Å². The van der Waals surface area contributed by atoms with Gasteiger partial charge in [0.2, 0.25) is 0 Å². The summed E-state index contributed by atoms with van der Waals surface area (Å²) < 4.78 is 0. The highest BCUT2D eigenvalue weighted by molar-refractivity contribution is 5.89. The van der Waals surface area contributed by atoms with E-state index in [0.29, 0.717) is 18.2 Å². The zero-order valence-electron chi connectivity index (χ0n) is 12.7. The fraction of sp³-hybridized carbons (Fsp3) is 0.533. The van der Waals surface area contributed by atoms with Crippen molar-refractivity contribution in [1.29, 1.82) is 0 Å². The maximum atomic E-state index is 11.8. The highest BCUT2D eigenvalue weighted by atomic mass is 16.4. The van der Waals surface area contributed by atoms with E-state index in [4.69, 9.17) is 5.11 Å². The quantitative estimate of drug-likeness (QED) is 0.720. The summed E-state index contributed by atoms with van der Waals surface area (Å²) >= 11 is 0. The number of hydrogen-bond acceptors (Lipinski definition) is 3. The molecule has 0 radical (unpaired) electrons. The molecule has 2 amide bonds. The molecular formula is C15H23N3O3. The highest BCUT2D eigenvalue weighted by Gasteiger charge is 2.16. The Labute approximate surface area is 125 Å². The molecule has 0 aromatic carbocycles. The second-order valence-corrected chi connectivity index (χ2v) is 5.56. The van der Waals surface area contributed by atoms with Crippen molar-refractivity contribution in [3.05, 3.63) is 24.0 Å². The van der Waals surface area contributed by atoms with Crippen molar-refractivity contribution in [2.75, 3.05) is 11.9 Å². The van der Waals surface area contributed by atoms with Gasteiger partial charge in [0.15, 0.2) is 0 Å². The summed E-state index contributed by atoms with van der Waals surface area (Å²) in [5.41, 5.74) is 1.38. The van der Waals surface area contributed by atoms with Gasteiger partial charge in [-0.15, -0.1) is 0 Å². The van der Waals surface area contributed by atoms with Gasteiger partial charge in [-0.05, 0) is 37.3 Å². The lowest BCUT2D eigenvalue weighted by Crippen LogP contribution is -2.34. The number of anilines is 1. The molecular weight excluding hydrogens is 270 g/mol. The minimum absolute atomic E-state index is 0.0599. The van der Waals surface area contributed by atoms with Gasteiger partial charge < -0.3 is 15.7 Å². The van der Waals surface area contributed by atoms with Crippen LogP contribution >= 0.6 is 0 Å². The molecule has 0 saturated carbocycles. The third-order valence-electron chi connectivity index (χ3n) is 3.07. The number of amides is 2. The van der Waals surface area contributed by atoms with Crippen LogP contribution in [0.3, 0.4) is 0 Å². The number of aromatic nitrogens is 1. The number of urea groups is 1. The predicted molar refractivity (Wildman–Crippen MR) is 81.2 cm³/mol. The van der Waals surface area contributed by atoms with E-state index in [1.165, 1.54) is 0 Å². The second-order valence-electron chi connectivity index (χ2n) is 5.56. The van der Waals surface area contributed by atoms with Gasteiger partial charge in [-0.3, -0.25) is 9.78 Å². The van der Waals surface area contributed by atoms with Crippen molar-refractivity contribution in [3.63, 3.8) is 0 Å². The van der Waals surface area contributed by atoms with Gasteiger partial charge in [0.25, 0.3) is 0 Å². The molecule has 1 atom stereocenters. The Balaban J connectivity index is 2.49. The van der Waals surface area contributed by atoms with Gasteiger partial charge in [-0.1, -0.05) is 13.8 Å². The van der Waals surface area contributed by atoms with Crippen LogP contribution in [0.2, 0.25) is 0 Å². The number of carboxylic acid groups (broad SMARTS) is 1. The predicted octanol–water partition coefficient (Wildman–Crippen LogP) is 2.65. The number of hydrogen-bond donors (Lipinski definition) is 3. The van der Waals surface area contributed by atoms with Crippen LogP contribution in [0.15, 0.2) is 18.3 Å². The molecule has 1 aromatic heterocycles. The number of nitrogens with one attached hydrogen (secondary N) is 2. The Morgan fingerprint density at radius 1 is 1.38 bits per heavy atom. The normalized spacial score (nSPS) is 12.0. The van der Waals surface area contributed by atoms with E-state index in [1.807, 2.05) is 20.8 Å². The first kappa shape index (κ1) is 16.9. The number of rotatable bonds is 7.